The van der Waals surface area contributed by atoms with Crippen LogP contribution in [0.3, 0.4) is 0 Å². The van der Waals surface area contributed by atoms with Crippen molar-refractivity contribution in [2.75, 3.05) is 6.54 Å². The number of hydrogen-bond donors (Lipinski definition) is 0. The number of nitrogens with zero attached hydrogens (tertiary/aromatic N) is 1. The maximum absolute atomic E-state index is 11.9. The minimum atomic E-state index is 0.225. The summed E-state index contributed by atoms with van der Waals surface area (Å²) in [6.45, 7) is 9.81. The van der Waals surface area contributed by atoms with Crippen LogP contribution in [0, 0.1) is 0 Å². The molecule has 1 aromatic rings. The largest absolute Gasteiger partial charge is 0.297 e. The normalized spacial score (nSPS) is 19.1. The third-order valence-corrected chi connectivity index (χ3v) is 4.60. The van der Waals surface area contributed by atoms with Crippen LogP contribution < -0.4 is 0 Å². The lowest BCUT2D eigenvalue weighted by atomic mass is 10.0. The molecular weight excluding hydrogens is 242 g/mol. The summed E-state index contributed by atoms with van der Waals surface area (Å²) in [6, 6.07) is 9.03. The molecule has 0 saturated heterocycles. The summed E-state index contributed by atoms with van der Waals surface area (Å²) < 4.78 is 0. The fourth-order valence-corrected chi connectivity index (χ4v) is 3.72. The average molecular weight is 263 g/mol. The second kappa shape index (κ2) is 5.45. The Balaban J connectivity index is 2.19. The van der Waals surface area contributed by atoms with Crippen molar-refractivity contribution in [1.82, 2.24) is 4.90 Å². The molecule has 98 valence electrons. The number of hydrogen-bond acceptors (Lipinski definition) is 3. The highest BCUT2D eigenvalue weighted by Crippen LogP contribution is 2.42. The third-order valence-electron chi connectivity index (χ3n) is 3.48. The standard InChI is InChI=1S/C15H21NOS/c1-10(2)16(11(3)4)9-14-12-7-5-6-8-13(12)15(17)18-14/h5-8,10-11,14H,9H2,1-4H3. The lowest BCUT2D eigenvalue weighted by Crippen LogP contribution is -2.39. The molecule has 0 aliphatic carbocycles. The molecule has 0 fully saturated rings. The van der Waals surface area contributed by atoms with Crippen LogP contribution in [-0.4, -0.2) is 28.6 Å². The monoisotopic (exact) mass is 263 g/mol. The van der Waals surface area contributed by atoms with Gasteiger partial charge in [0, 0.05) is 24.2 Å². The number of carbonyl (C=O) groups excluding carboxylic acids is 1. The Morgan fingerprint density at radius 2 is 1.78 bits per heavy atom. The van der Waals surface area contributed by atoms with Gasteiger partial charge in [0.2, 0.25) is 5.12 Å². The molecular formula is C15H21NOS. The van der Waals surface area contributed by atoms with E-state index in [0.717, 1.165) is 12.1 Å². The molecule has 1 aliphatic rings. The zero-order chi connectivity index (χ0) is 13.3. The van der Waals surface area contributed by atoms with Crippen LogP contribution in [0.4, 0.5) is 0 Å². The molecule has 0 saturated carbocycles. The predicted octanol–water partition coefficient (Wildman–Crippen LogP) is 3.73. The summed E-state index contributed by atoms with van der Waals surface area (Å²) in [5.74, 6) is 0. The van der Waals surface area contributed by atoms with Gasteiger partial charge in [0.25, 0.3) is 0 Å². The van der Waals surface area contributed by atoms with Crippen LogP contribution in [0.2, 0.25) is 0 Å². The Hall–Kier alpha value is -0.800. The molecule has 0 amide bonds. The third kappa shape index (κ3) is 2.62. The first-order valence-corrected chi connectivity index (χ1v) is 7.44. The van der Waals surface area contributed by atoms with Crippen LogP contribution >= 0.6 is 11.8 Å². The fourth-order valence-electron chi connectivity index (χ4n) is 2.56. The molecule has 0 aromatic heterocycles. The van der Waals surface area contributed by atoms with Crippen molar-refractivity contribution in [3.63, 3.8) is 0 Å². The SMILES string of the molecule is CC(C)N(CC1SC(=O)c2ccccc21)C(C)C. The number of benzene rings is 1. The molecule has 0 radical (unpaired) electrons. The highest BCUT2D eigenvalue weighted by Gasteiger charge is 2.32. The minimum Gasteiger partial charge on any atom is -0.297 e. The van der Waals surface area contributed by atoms with E-state index >= 15 is 0 Å². The van der Waals surface area contributed by atoms with Gasteiger partial charge in [0.15, 0.2) is 0 Å². The summed E-state index contributed by atoms with van der Waals surface area (Å²) in [4.78, 5) is 14.4. The lowest BCUT2D eigenvalue weighted by Gasteiger charge is -2.32. The number of carbonyl (C=O) groups is 1. The molecule has 0 spiro atoms. The second-order valence-electron chi connectivity index (χ2n) is 5.37. The van der Waals surface area contributed by atoms with Gasteiger partial charge in [-0.05, 0) is 33.3 Å². The van der Waals surface area contributed by atoms with Crippen molar-refractivity contribution in [2.45, 2.75) is 45.0 Å². The molecule has 3 heteroatoms. The Morgan fingerprint density at radius 3 is 2.39 bits per heavy atom. The summed E-state index contributed by atoms with van der Waals surface area (Å²) in [5.41, 5.74) is 2.11. The quantitative estimate of drug-likeness (QED) is 0.825. The van der Waals surface area contributed by atoms with Gasteiger partial charge in [-0.1, -0.05) is 36.0 Å². The number of thioether (sulfide) groups is 1. The zero-order valence-electron chi connectivity index (χ0n) is 11.5. The van der Waals surface area contributed by atoms with E-state index in [9.17, 15) is 4.79 Å². The van der Waals surface area contributed by atoms with Crippen LogP contribution in [-0.2, 0) is 0 Å². The van der Waals surface area contributed by atoms with Gasteiger partial charge in [-0.15, -0.1) is 0 Å². The van der Waals surface area contributed by atoms with E-state index < -0.39 is 0 Å². The van der Waals surface area contributed by atoms with E-state index in [0.29, 0.717) is 17.3 Å². The van der Waals surface area contributed by atoms with Gasteiger partial charge in [-0.25, -0.2) is 0 Å². The molecule has 1 unspecified atom stereocenters. The molecule has 1 heterocycles. The van der Waals surface area contributed by atoms with Crippen LogP contribution in [0.15, 0.2) is 24.3 Å². The molecule has 2 nitrogen and oxygen atoms in total. The molecule has 2 rings (SSSR count). The first kappa shape index (κ1) is 13.6. The molecule has 0 bridgehead atoms. The smallest absolute Gasteiger partial charge is 0.220 e. The van der Waals surface area contributed by atoms with Crippen LogP contribution in [0.25, 0.3) is 0 Å². The summed E-state index contributed by atoms with van der Waals surface area (Å²) in [7, 11) is 0. The van der Waals surface area contributed by atoms with Crippen molar-refractivity contribution < 1.29 is 4.79 Å². The maximum atomic E-state index is 11.9. The number of fused-ring (bicyclic) bond motifs is 1. The average Bonchev–Trinajstić information content (AvgIpc) is 2.63. The Morgan fingerprint density at radius 1 is 1.17 bits per heavy atom. The molecule has 1 aromatic carbocycles. The van der Waals surface area contributed by atoms with Gasteiger partial charge < -0.3 is 0 Å². The summed E-state index contributed by atoms with van der Waals surface area (Å²) in [5, 5.41) is 0.515. The first-order valence-electron chi connectivity index (χ1n) is 6.56. The van der Waals surface area contributed by atoms with Crippen molar-refractivity contribution >= 4 is 16.9 Å². The van der Waals surface area contributed by atoms with E-state index in [2.05, 4.69) is 38.7 Å². The van der Waals surface area contributed by atoms with Gasteiger partial charge in [0.1, 0.15) is 0 Å². The van der Waals surface area contributed by atoms with Gasteiger partial charge in [-0.2, -0.15) is 0 Å². The number of rotatable bonds is 4. The zero-order valence-corrected chi connectivity index (χ0v) is 12.3. The van der Waals surface area contributed by atoms with Crippen LogP contribution in [0.5, 0.6) is 0 Å². The van der Waals surface area contributed by atoms with Gasteiger partial charge in [-0.3, -0.25) is 9.69 Å². The Bertz CT molecular complexity index is 434. The molecule has 18 heavy (non-hydrogen) atoms. The minimum absolute atomic E-state index is 0.225. The highest BCUT2D eigenvalue weighted by atomic mass is 32.2. The van der Waals surface area contributed by atoms with Crippen molar-refractivity contribution in [3.05, 3.63) is 35.4 Å². The van der Waals surface area contributed by atoms with Crippen LogP contribution in [0.1, 0.15) is 48.9 Å². The highest BCUT2D eigenvalue weighted by molar-refractivity contribution is 8.14. The van der Waals surface area contributed by atoms with E-state index in [1.807, 2.05) is 18.2 Å². The molecule has 1 aliphatic heterocycles. The van der Waals surface area contributed by atoms with E-state index in [1.165, 1.54) is 17.3 Å². The van der Waals surface area contributed by atoms with Gasteiger partial charge >= 0.3 is 0 Å². The van der Waals surface area contributed by atoms with E-state index in [4.69, 9.17) is 0 Å². The maximum Gasteiger partial charge on any atom is 0.220 e. The van der Waals surface area contributed by atoms with E-state index in [-0.39, 0.29) is 5.12 Å². The van der Waals surface area contributed by atoms with Crippen molar-refractivity contribution in [3.8, 4) is 0 Å². The van der Waals surface area contributed by atoms with Crippen molar-refractivity contribution in [2.24, 2.45) is 0 Å². The topological polar surface area (TPSA) is 20.3 Å². The van der Waals surface area contributed by atoms with E-state index in [1.54, 1.807) is 0 Å². The molecule has 0 N–H and O–H groups in total. The predicted molar refractivity (Wildman–Crippen MR) is 78.1 cm³/mol. The van der Waals surface area contributed by atoms with Crippen molar-refractivity contribution in [1.29, 1.82) is 0 Å². The summed E-state index contributed by atoms with van der Waals surface area (Å²) >= 11 is 1.48. The lowest BCUT2D eigenvalue weighted by molar-refractivity contribution is 0.109. The molecule has 1 atom stereocenters. The Labute approximate surface area is 114 Å². The summed E-state index contributed by atoms with van der Waals surface area (Å²) in [6.07, 6.45) is 0. The second-order valence-corrected chi connectivity index (χ2v) is 6.54. The van der Waals surface area contributed by atoms with Gasteiger partial charge in [0.05, 0.1) is 5.25 Å². The first-order chi connectivity index (χ1) is 8.50. The fraction of sp³-hybridized carbons (Fsp3) is 0.533. The Kier molecular flexibility index (Phi) is 4.13.